The SMILES string of the molecule is COc1cccc(-c2cc(C(=O)N/N=C\c3ccc(O)cc3)[nH]n2)c1. The number of benzene rings is 2. The Hall–Kier alpha value is -3.61. The summed E-state index contributed by atoms with van der Waals surface area (Å²) in [4.78, 5) is 12.1. The molecule has 0 bridgehead atoms. The highest BCUT2D eigenvalue weighted by atomic mass is 16.5. The molecule has 126 valence electrons. The van der Waals surface area contributed by atoms with Gasteiger partial charge in [0.25, 0.3) is 5.91 Å². The van der Waals surface area contributed by atoms with Crippen molar-refractivity contribution >= 4 is 12.1 Å². The topological polar surface area (TPSA) is 99.6 Å². The average Bonchev–Trinajstić information content (AvgIpc) is 3.14. The number of hydrazone groups is 1. The van der Waals surface area contributed by atoms with Gasteiger partial charge in [-0.2, -0.15) is 10.2 Å². The molecule has 0 aliphatic heterocycles. The second kappa shape index (κ2) is 7.31. The molecule has 0 fully saturated rings. The minimum absolute atomic E-state index is 0.170. The quantitative estimate of drug-likeness (QED) is 0.492. The van der Waals surface area contributed by atoms with Crippen LogP contribution in [0.25, 0.3) is 11.3 Å². The summed E-state index contributed by atoms with van der Waals surface area (Å²) < 4.78 is 5.18. The standard InChI is InChI=1S/C18H16N4O3/c1-25-15-4-2-3-13(9-15)16-10-17(21-20-16)18(24)22-19-11-12-5-7-14(23)8-6-12/h2-11,23H,1H3,(H,20,21)(H,22,24)/b19-11-. The highest BCUT2D eigenvalue weighted by Crippen LogP contribution is 2.22. The number of nitrogens with one attached hydrogen (secondary N) is 2. The molecule has 1 amide bonds. The van der Waals surface area contributed by atoms with Gasteiger partial charge in [-0.15, -0.1) is 0 Å². The second-order valence-corrected chi connectivity index (χ2v) is 5.19. The van der Waals surface area contributed by atoms with E-state index in [4.69, 9.17) is 4.74 Å². The molecule has 7 nitrogen and oxygen atoms in total. The fraction of sp³-hybridized carbons (Fsp3) is 0.0556. The molecule has 0 aliphatic rings. The summed E-state index contributed by atoms with van der Waals surface area (Å²) in [5, 5.41) is 19.9. The number of rotatable bonds is 5. The molecule has 0 radical (unpaired) electrons. The Morgan fingerprint density at radius 3 is 2.80 bits per heavy atom. The molecule has 3 rings (SSSR count). The van der Waals surface area contributed by atoms with E-state index in [0.717, 1.165) is 11.1 Å². The predicted octanol–water partition coefficient (Wildman–Crippen LogP) is 2.55. The zero-order valence-corrected chi connectivity index (χ0v) is 13.4. The van der Waals surface area contributed by atoms with E-state index in [9.17, 15) is 9.90 Å². The Kier molecular flexibility index (Phi) is 4.75. The molecule has 0 aliphatic carbocycles. The van der Waals surface area contributed by atoms with Crippen LogP contribution in [-0.4, -0.2) is 34.5 Å². The van der Waals surface area contributed by atoms with Gasteiger partial charge >= 0.3 is 0 Å². The molecule has 1 aromatic heterocycles. The number of H-pyrrole nitrogens is 1. The number of phenolic OH excluding ortho intramolecular Hbond substituents is 1. The van der Waals surface area contributed by atoms with Gasteiger partial charge in [-0.1, -0.05) is 12.1 Å². The number of ether oxygens (including phenoxy) is 1. The van der Waals surface area contributed by atoms with Crippen molar-refractivity contribution in [1.82, 2.24) is 15.6 Å². The monoisotopic (exact) mass is 336 g/mol. The lowest BCUT2D eigenvalue weighted by Gasteiger charge is -2.00. The van der Waals surface area contributed by atoms with Crippen molar-refractivity contribution in [1.29, 1.82) is 0 Å². The van der Waals surface area contributed by atoms with Crippen molar-refractivity contribution in [3.63, 3.8) is 0 Å². The lowest BCUT2D eigenvalue weighted by molar-refractivity contribution is 0.0950. The third kappa shape index (κ3) is 4.03. The van der Waals surface area contributed by atoms with Gasteiger partial charge in [0.1, 0.15) is 17.2 Å². The summed E-state index contributed by atoms with van der Waals surface area (Å²) in [6.45, 7) is 0. The number of methoxy groups -OCH3 is 1. The number of amides is 1. The first-order valence-electron chi connectivity index (χ1n) is 7.48. The lowest BCUT2D eigenvalue weighted by Crippen LogP contribution is -2.17. The van der Waals surface area contributed by atoms with Crippen LogP contribution in [0.15, 0.2) is 59.7 Å². The van der Waals surface area contributed by atoms with Crippen LogP contribution in [0, 0.1) is 0 Å². The first-order valence-corrected chi connectivity index (χ1v) is 7.48. The van der Waals surface area contributed by atoms with E-state index >= 15 is 0 Å². The summed E-state index contributed by atoms with van der Waals surface area (Å²) in [7, 11) is 1.59. The Balaban J connectivity index is 1.67. The molecule has 0 saturated carbocycles. The summed E-state index contributed by atoms with van der Waals surface area (Å²) in [6.07, 6.45) is 1.48. The number of nitrogens with zero attached hydrogens (tertiary/aromatic N) is 2. The second-order valence-electron chi connectivity index (χ2n) is 5.19. The van der Waals surface area contributed by atoms with Crippen molar-refractivity contribution in [2.24, 2.45) is 5.10 Å². The van der Waals surface area contributed by atoms with Gasteiger partial charge in [0.15, 0.2) is 0 Å². The summed E-state index contributed by atoms with van der Waals surface area (Å²) in [5.41, 5.74) is 4.93. The molecule has 3 N–H and O–H groups in total. The third-order valence-corrected chi connectivity index (χ3v) is 3.46. The normalized spacial score (nSPS) is 10.8. The highest BCUT2D eigenvalue weighted by molar-refractivity contribution is 5.94. The number of carbonyl (C=O) groups is 1. The van der Waals surface area contributed by atoms with Crippen LogP contribution < -0.4 is 10.2 Å². The van der Waals surface area contributed by atoms with Crippen LogP contribution in [0.3, 0.4) is 0 Å². The third-order valence-electron chi connectivity index (χ3n) is 3.46. The number of aromatic nitrogens is 2. The van der Waals surface area contributed by atoms with Gasteiger partial charge in [0, 0.05) is 5.56 Å². The van der Waals surface area contributed by atoms with Gasteiger partial charge in [-0.25, -0.2) is 5.43 Å². The van der Waals surface area contributed by atoms with Crippen molar-refractivity contribution < 1.29 is 14.6 Å². The fourth-order valence-corrected chi connectivity index (χ4v) is 2.15. The van der Waals surface area contributed by atoms with Crippen LogP contribution in [0.5, 0.6) is 11.5 Å². The van der Waals surface area contributed by atoms with Crippen LogP contribution in [0.1, 0.15) is 16.1 Å². The molecule has 7 heteroatoms. The van der Waals surface area contributed by atoms with E-state index in [1.54, 1.807) is 37.4 Å². The number of aromatic amines is 1. The summed E-state index contributed by atoms with van der Waals surface area (Å²) in [5.74, 6) is 0.477. The fourth-order valence-electron chi connectivity index (χ4n) is 2.15. The molecule has 25 heavy (non-hydrogen) atoms. The number of carbonyl (C=O) groups excluding carboxylic acids is 1. The molecule has 0 unspecified atom stereocenters. The van der Waals surface area contributed by atoms with Gasteiger partial charge in [-0.3, -0.25) is 9.89 Å². The van der Waals surface area contributed by atoms with Gasteiger partial charge in [0.05, 0.1) is 19.0 Å². The number of aromatic hydroxyl groups is 1. The van der Waals surface area contributed by atoms with Crippen LogP contribution in [0.4, 0.5) is 0 Å². The van der Waals surface area contributed by atoms with Crippen molar-refractivity contribution in [3.8, 4) is 22.8 Å². The largest absolute Gasteiger partial charge is 0.508 e. The van der Waals surface area contributed by atoms with Gasteiger partial charge in [-0.05, 0) is 48.0 Å². The number of hydrogen-bond donors (Lipinski definition) is 3. The van der Waals surface area contributed by atoms with E-state index in [2.05, 4.69) is 20.7 Å². The summed E-state index contributed by atoms with van der Waals surface area (Å²) >= 11 is 0. The maximum Gasteiger partial charge on any atom is 0.289 e. The maximum absolute atomic E-state index is 12.1. The van der Waals surface area contributed by atoms with Gasteiger partial charge < -0.3 is 9.84 Å². The molecular weight excluding hydrogens is 320 g/mol. The Morgan fingerprint density at radius 1 is 1.24 bits per heavy atom. The highest BCUT2D eigenvalue weighted by Gasteiger charge is 2.10. The van der Waals surface area contributed by atoms with Crippen LogP contribution in [-0.2, 0) is 0 Å². The minimum Gasteiger partial charge on any atom is -0.508 e. The molecule has 0 spiro atoms. The average molecular weight is 336 g/mol. The minimum atomic E-state index is -0.406. The van der Waals surface area contributed by atoms with Crippen LogP contribution >= 0.6 is 0 Å². The molecule has 0 saturated heterocycles. The number of hydrogen-bond acceptors (Lipinski definition) is 5. The molecular formula is C18H16N4O3. The zero-order valence-electron chi connectivity index (χ0n) is 13.4. The van der Waals surface area contributed by atoms with E-state index in [0.29, 0.717) is 17.1 Å². The van der Waals surface area contributed by atoms with Crippen LogP contribution in [0.2, 0.25) is 0 Å². The summed E-state index contributed by atoms with van der Waals surface area (Å²) in [6, 6.07) is 15.5. The predicted molar refractivity (Wildman–Crippen MR) is 93.7 cm³/mol. The maximum atomic E-state index is 12.1. The Morgan fingerprint density at radius 2 is 2.04 bits per heavy atom. The van der Waals surface area contributed by atoms with Crippen molar-refractivity contribution in [3.05, 3.63) is 65.9 Å². The zero-order chi connectivity index (χ0) is 17.6. The van der Waals surface area contributed by atoms with Gasteiger partial charge in [0.2, 0.25) is 0 Å². The Labute approximate surface area is 144 Å². The molecule has 1 heterocycles. The van der Waals surface area contributed by atoms with Crippen molar-refractivity contribution in [2.75, 3.05) is 7.11 Å². The van der Waals surface area contributed by atoms with E-state index < -0.39 is 5.91 Å². The smallest absolute Gasteiger partial charge is 0.289 e. The number of phenols is 1. The molecule has 0 atom stereocenters. The van der Waals surface area contributed by atoms with E-state index in [1.165, 1.54) is 6.21 Å². The first kappa shape index (κ1) is 16.3. The van der Waals surface area contributed by atoms with E-state index in [1.807, 2.05) is 24.3 Å². The lowest BCUT2D eigenvalue weighted by atomic mass is 10.1. The molecule has 2 aromatic carbocycles. The molecule has 3 aromatic rings. The van der Waals surface area contributed by atoms with Crippen molar-refractivity contribution in [2.45, 2.75) is 0 Å². The van der Waals surface area contributed by atoms with E-state index in [-0.39, 0.29) is 5.75 Å². The first-order chi connectivity index (χ1) is 12.2. The Bertz CT molecular complexity index is 901.